The number of rotatable bonds is 2. The van der Waals surface area contributed by atoms with Crippen LogP contribution in [0, 0.1) is 0 Å². The van der Waals surface area contributed by atoms with Crippen molar-refractivity contribution >= 4 is 23.2 Å². The Morgan fingerprint density at radius 2 is 2.17 bits per heavy atom. The summed E-state index contributed by atoms with van der Waals surface area (Å²) in [5.74, 6) is 0.447. The molecule has 1 aromatic rings. The number of carbonyl (C=O) groups is 2. The lowest BCUT2D eigenvalue weighted by Crippen LogP contribution is -2.51. The minimum Gasteiger partial charge on any atom is -0.491 e. The second-order valence-corrected chi connectivity index (χ2v) is 6.52. The van der Waals surface area contributed by atoms with Crippen LogP contribution >= 0.6 is 0 Å². The lowest BCUT2D eigenvalue weighted by Gasteiger charge is -2.36. The highest BCUT2D eigenvalue weighted by Crippen LogP contribution is 2.36. The summed E-state index contributed by atoms with van der Waals surface area (Å²) in [6.07, 6.45) is 1.89. The number of ether oxygens (including phenoxy) is 1. The molecular formula is C17H22N4O3. The van der Waals surface area contributed by atoms with Crippen LogP contribution in [0.3, 0.4) is 0 Å². The average molecular weight is 330 g/mol. The highest BCUT2D eigenvalue weighted by molar-refractivity contribution is 6.01. The molecule has 3 heterocycles. The smallest absolute Gasteiger partial charge is 0.249 e. The van der Waals surface area contributed by atoms with Gasteiger partial charge in [-0.15, -0.1) is 0 Å². The van der Waals surface area contributed by atoms with Gasteiger partial charge in [0.15, 0.2) is 0 Å². The van der Waals surface area contributed by atoms with Crippen molar-refractivity contribution in [3.05, 3.63) is 18.2 Å². The molecule has 0 saturated carbocycles. The number of imide groups is 1. The normalized spacial score (nSPS) is 26.6. The van der Waals surface area contributed by atoms with Crippen molar-refractivity contribution in [2.75, 3.05) is 36.5 Å². The van der Waals surface area contributed by atoms with Crippen molar-refractivity contribution in [2.24, 2.45) is 0 Å². The molecule has 3 N–H and O–H groups in total. The van der Waals surface area contributed by atoms with E-state index in [2.05, 4.69) is 26.9 Å². The number of benzene rings is 1. The summed E-state index contributed by atoms with van der Waals surface area (Å²) < 4.78 is 5.90. The van der Waals surface area contributed by atoms with Gasteiger partial charge in [0.2, 0.25) is 11.8 Å². The molecule has 7 nitrogen and oxygen atoms in total. The Bertz CT molecular complexity index is 663. The van der Waals surface area contributed by atoms with E-state index in [1.54, 1.807) is 0 Å². The number of nitrogens with one attached hydrogen (secondary N) is 3. The molecular weight excluding hydrogens is 308 g/mol. The highest BCUT2D eigenvalue weighted by atomic mass is 16.5. The third-order valence-corrected chi connectivity index (χ3v) is 4.91. The summed E-state index contributed by atoms with van der Waals surface area (Å²) in [4.78, 5) is 25.6. The number of nitrogens with zero attached hydrogens (tertiary/aromatic N) is 1. The zero-order chi connectivity index (χ0) is 16.5. The molecule has 24 heavy (non-hydrogen) atoms. The van der Waals surface area contributed by atoms with Gasteiger partial charge in [-0.2, -0.15) is 0 Å². The first-order chi connectivity index (χ1) is 11.7. The van der Waals surface area contributed by atoms with E-state index in [4.69, 9.17) is 4.74 Å². The molecule has 2 amide bonds. The Kier molecular flexibility index (Phi) is 4.02. The van der Waals surface area contributed by atoms with Gasteiger partial charge in [-0.05, 0) is 24.6 Å². The topological polar surface area (TPSA) is 82.7 Å². The summed E-state index contributed by atoms with van der Waals surface area (Å²) in [6.45, 7) is 3.59. The van der Waals surface area contributed by atoms with Crippen LogP contribution in [-0.2, 0) is 9.59 Å². The van der Waals surface area contributed by atoms with Gasteiger partial charge in [0.1, 0.15) is 11.8 Å². The molecule has 0 aliphatic carbocycles. The van der Waals surface area contributed by atoms with Crippen LogP contribution in [0.1, 0.15) is 19.3 Å². The summed E-state index contributed by atoms with van der Waals surface area (Å²) in [5, 5.41) is 9.07. The Hall–Kier alpha value is -2.28. The Morgan fingerprint density at radius 1 is 1.25 bits per heavy atom. The predicted octanol–water partition coefficient (Wildman–Crippen LogP) is 0.464. The second kappa shape index (κ2) is 6.32. The lowest BCUT2D eigenvalue weighted by molar-refractivity contribution is -0.133. The van der Waals surface area contributed by atoms with Crippen molar-refractivity contribution in [1.82, 2.24) is 10.6 Å². The monoisotopic (exact) mass is 330 g/mol. The zero-order valence-electron chi connectivity index (χ0n) is 13.5. The van der Waals surface area contributed by atoms with E-state index in [9.17, 15) is 9.59 Å². The number of carbonyl (C=O) groups excluding carboxylic acids is 2. The third kappa shape index (κ3) is 2.91. The van der Waals surface area contributed by atoms with Crippen molar-refractivity contribution in [3.63, 3.8) is 0 Å². The predicted molar refractivity (Wildman–Crippen MR) is 90.4 cm³/mol. The van der Waals surface area contributed by atoms with Gasteiger partial charge >= 0.3 is 0 Å². The minimum absolute atomic E-state index is 0.197. The van der Waals surface area contributed by atoms with Crippen LogP contribution in [0.25, 0.3) is 0 Å². The maximum atomic E-state index is 11.9. The molecule has 4 rings (SSSR count). The second-order valence-electron chi connectivity index (χ2n) is 6.52. The fourth-order valence-electron chi connectivity index (χ4n) is 3.63. The first kappa shape index (κ1) is 15.3. The van der Waals surface area contributed by atoms with Crippen molar-refractivity contribution in [3.8, 4) is 5.75 Å². The fourth-order valence-corrected chi connectivity index (χ4v) is 3.63. The first-order valence-corrected chi connectivity index (χ1v) is 8.55. The molecule has 3 aliphatic rings. The maximum absolute atomic E-state index is 11.9. The van der Waals surface area contributed by atoms with Gasteiger partial charge in [0.05, 0.1) is 12.3 Å². The van der Waals surface area contributed by atoms with Gasteiger partial charge in [0, 0.05) is 44.2 Å². The minimum atomic E-state index is -0.369. The van der Waals surface area contributed by atoms with Crippen LogP contribution in [-0.4, -0.2) is 50.1 Å². The van der Waals surface area contributed by atoms with Crippen molar-refractivity contribution in [2.45, 2.75) is 31.3 Å². The van der Waals surface area contributed by atoms with Crippen LogP contribution in [0.2, 0.25) is 0 Å². The summed E-state index contributed by atoms with van der Waals surface area (Å²) in [7, 11) is 0. The zero-order valence-corrected chi connectivity index (χ0v) is 13.5. The van der Waals surface area contributed by atoms with E-state index in [0.29, 0.717) is 18.9 Å². The number of anilines is 2. The molecule has 0 radical (unpaired) electrons. The fraction of sp³-hybridized carbons (Fsp3) is 0.529. The SMILES string of the molecule is O=C1CCC(Nc2ccc3c(c2)N2CCNC[C@@H]2CCO3)C(=O)N1. The van der Waals surface area contributed by atoms with Gasteiger partial charge in [-0.3, -0.25) is 14.9 Å². The number of hydrogen-bond acceptors (Lipinski definition) is 6. The van der Waals surface area contributed by atoms with Crippen LogP contribution < -0.4 is 25.6 Å². The van der Waals surface area contributed by atoms with Crippen molar-refractivity contribution < 1.29 is 14.3 Å². The number of hydrogen-bond donors (Lipinski definition) is 3. The molecule has 1 aromatic carbocycles. The van der Waals surface area contributed by atoms with Gasteiger partial charge in [0.25, 0.3) is 0 Å². The van der Waals surface area contributed by atoms with Gasteiger partial charge in [-0.1, -0.05) is 0 Å². The number of amides is 2. The molecule has 1 unspecified atom stereocenters. The number of fused-ring (bicyclic) bond motifs is 3. The highest BCUT2D eigenvalue weighted by Gasteiger charge is 2.29. The third-order valence-electron chi connectivity index (χ3n) is 4.91. The molecule has 3 aliphatic heterocycles. The first-order valence-electron chi connectivity index (χ1n) is 8.55. The molecule has 0 bridgehead atoms. The van der Waals surface area contributed by atoms with E-state index in [1.165, 1.54) is 0 Å². The summed E-state index contributed by atoms with van der Waals surface area (Å²) in [5.41, 5.74) is 1.96. The Labute approximate surface area is 140 Å². The van der Waals surface area contributed by atoms with Crippen molar-refractivity contribution in [1.29, 1.82) is 0 Å². The van der Waals surface area contributed by atoms with Gasteiger partial charge in [-0.25, -0.2) is 0 Å². The molecule has 2 atom stereocenters. The Balaban J connectivity index is 1.57. The summed E-state index contributed by atoms with van der Waals surface area (Å²) in [6, 6.07) is 6.03. The standard InChI is InChI=1S/C17H22N4O3/c22-16-4-2-13(17(23)20-16)19-11-1-3-15-14(9-11)21-7-6-18-10-12(21)5-8-24-15/h1,3,9,12-13,18-19H,2,4-8,10H2,(H,20,22,23)/t12-,13?/m0/s1. The van der Waals surface area contributed by atoms with E-state index >= 15 is 0 Å². The number of piperidine rings is 1. The largest absolute Gasteiger partial charge is 0.491 e. The lowest BCUT2D eigenvalue weighted by atomic mass is 10.1. The average Bonchev–Trinajstić information content (AvgIpc) is 2.77. The van der Waals surface area contributed by atoms with Crippen LogP contribution in [0.15, 0.2) is 18.2 Å². The number of piperazine rings is 1. The molecule has 7 heteroatoms. The van der Waals surface area contributed by atoms with E-state index in [-0.39, 0.29) is 17.9 Å². The molecule has 2 fully saturated rings. The quantitative estimate of drug-likeness (QED) is 0.684. The van der Waals surface area contributed by atoms with Crippen LogP contribution in [0.4, 0.5) is 11.4 Å². The van der Waals surface area contributed by atoms with E-state index < -0.39 is 0 Å². The molecule has 2 saturated heterocycles. The molecule has 128 valence electrons. The van der Waals surface area contributed by atoms with E-state index in [0.717, 1.165) is 49.8 Å². The maximum Gasteiger partial charge on any atom is 0.249 e. The Morgan fingerprint density at radius 3 is 3.04 bits per heavy atom. The van der Waals surface area contributed by atoms with Crippen LogP contribution in [0.5, 0.6) is 5.75 Å². The molecule has 0 spiro atoms. The van der Waals surface area contributed by atoms with E-state index in [1.807, 2.05) is 12.1 Å². The van der Waals surface area contributed by atoms with Gasteiger partial charge < -0.3 is 20.3 Å². The molecule has 0 aromatic heterocycles. The summed E-state index contributed by atoms with van der Waals surface area (Å²) >= 11 is 0.